The van der Waals surface area contributed by atoms with Crippen molar-refractivity contribution in [3.63, 3.8) is 0 Å². The van der Waals surface area contributed by atoms with E-state index in [9.17, 15) is 0 Å². The smallest absolute Gasteiger partial charge is 0.139 e. The number of fused-ring (bicyclic) bond motifs is 1. The lowest BCUT2D eigenvalue weighted by Crippen LogP contribution is -2.21. The van der Waals surface area contributed by atoms with Crippen LogP contribution in [0.2, 0.25) is 30.7 Å². The molecule has 0 aliphatic rings. The summed E-state index contributed by atoms with van der Waals surface area (Å²) in [5.41, 5.74) is 2.93. The average molecular weight is 368 g/mol. The largest absolute Gasteiger partial charge is 0.385 e. The molecule has 0 fully saturated rings. The second-order valence-corrected chi connectivity index (χ2v) is 13.1. The monoisotopic (exact) mass is 367 g/mol. The number of ether oxygens (including phenoxy) is 1. The highest BCUT2D eigenvalue weighted by molar-refractivity contribution is 7.03. The summed E-state index contributed by atoms with van der Waals surface area (Å²) in [6.07, 6.45) is 5.43. The first-order chi connectivity index (χ1) is 10.9. The van der Waals surface area contributed by atoms with Crippen molar-refractivity contribution >= 4 is 42.2 Å². The molecule has 0 bridgehead atoms. The highest BCUT2D eigenvalue weighted by atomic mass is 35.5. The number of halogens is 1. The van der Waals surface area contributed by atoms with E-state index in [-0.39, 0.29) is 0 Å². The number of aromatic nitrogens is 3. The van der Waals surface area contributed by atoms with Gasteiger partial charge < -0.3 is 9.72 Å². The van der Waals surface area contributed by atoms with Gasteiger partial charge in [-0.25, -0.2) is 9.36 Å². The van der Waals surface area contributed by atoms with Crippen LogP contribution in [0.4, 0.5) is 0 Å². The number of nitrogens with zero attached hydrogens (tertiary/aromatic N) is 2. The lowest BCUT2D eigenvalue weighted by molar-refractivity contribution is 0.214. The Hall–Kier alpha value is -1.21. The van der Waals surface area contributed by atoms with Crippen LogP contribution in [-0.2, 0) is 4.74 Å². The van der Waals surface area contributed by atoms with Crippen molar-refractivity contribution in [2.45, 2.75) is 25.7 Å². The summed E-state index contributed by atoms with van der Waals surface area (Å²) >= 11 is 7.57. The van der Waals surface area contributed by atoms with Crippen LogP contribution in [-0.4, -0.2) is 36.1 Å². The fraction of sp³-hybridized carbons (Fsp3) is 0.375. The van der Waals surface area contributed by atoms with E-state index in [1.165, 1.54) is 17.6 Å². The first kappa shape index (κ1) is 18.1. The Bertz CT molecular complexity index is 737. The normalized spacial score (nSPS) is 11.3. The molecule has 1 N–H and O–H groups in total. The fourth-order valence-electron chi connectivity index (χ4n) is 1.99. The van der Waals surface area contributed by atoms with Crippen LogP contribution in [0.1, 0.15) is 0 Å². The molecule has 0 radical (unpaired) electrons. The van der Waals surface area contributed by atoms with Crippen molar-refractivity contribution in [2.24, 2.45) is 0 Å². The van der Waals surface area contributed by atoms with Crippen molar-refractivity contribution in [1.82, 2.24) is 14.3 Å². The second-order valence-electron chi connectivity index (χ2n) is 6.44. The Morgan fingerprint density at radius 1 is 1.35 bits per heavy atom. The zero-order chi connectivity index (χ0) is 16.9. The molecule has 0 unspecified atom stereocenters. The van der Waals surface area contributed by atoms with E-state index < -0.39 is 8.07 Å². The van der Waals surface area contributed by atoms with Crippen LogP contribution in [0, 0.1) is 0 Å². The molecule has 0 aliphatic carbocycles. The van der Waals surface area contributed by atoms with Gasteiger partial charge in [0.15, 0.2) is 0 Å². The van der Waals surface area contributed by atoms with Crippen molar-refractivity contribution in [3.05, 3.63) is 35.1 Å². The van der Waals surface area contributed by atoms with Gasteiger partial charge in [0.25, 0.3) is 0 Å². The molecular weight excluding hydrogens is 346 g/mol. The predicted molar refractivity (Wildman–Crippen MR) is 102 cm³/mol. The minimum absolute atomic E-state index is 0.711. The first-order valence-corrected chi connectivity index (χ1v) is 12.3. The van der Waals surface area contributed by atoms with E-state index in [4.69, 9.17) is 16.3 Å². The van der Waals surface area contributed by atoms with Gasteiger partial charge in [-0.3, -0.25) is 0 Å². The molecule has 3 aromatic heterocycles. The molecule has 0 amide bonds. The summed E-state index contributed by atoms with van der Waals surface area (Å²) in [4.78, 5) is 7.31. The van der Waals surface area contributed by atoms with Gasteiger partial charge in [-0.15, -0.1) is 0 Å². The summed E-state index contributed by atoms with van der Waals surface area (Å²) in [6, 6.07) is 3.07. The molecule has 3 rings (SSSR count). The summed E-state index contributed by atoms with van der Waals surface area (Å²) < 4.78 is 9.03. The lowest BCUT2D eigenvalue weighted by Gasteiger charge is -2.13. The topological polar surface area (TPSA) is 50.8 Å². The number of H-pyrrole nitrogens is 1. The van der Waals surface area contributed by atoms with E-state index in [0.29, 0.717) is 5.02 Å². The number of aromatic amines is 1. The van der Waals surface area contributed by atoms with Gasteiger partial charge in [0.1, 0.15) is 5.65 Å². The third-order valence-electron chi connectivity index (χ3n) is 3.32. The molecule has 3 heterocycles. The highest BCUT2D eigenvalue weighted by Crippen LogP contribution is 2.32. The van der Waals surface area contributed by atoms with Crippen molar-refractivity contribution in [2.75, 3.05) is 13.7 Å². The number of hydrogen-bond donors (Lipinski definition) is 1. The second kappa shape index (κ2) is 8.05. The van der Waals surface area contributed by atoms with Crippen LogP contribution in [0.25, 0.3) is 22.2 Å². The van der Waals surface area contributed by atoms with E-state index in [0.717, 1.165) is 28.8 Å². The lowest BCUT2D eigenvalue weighted by atomic mass is 10.1. The van der Waals surface area contributed by atoms with Gasteiger partial charge in [0.05, 0.1) is 5.02 Å². The average Bonchev–Trinajstić information content (AvgIpc) is 3.14. The van der Waals surface area contributed by atoms with E-state index in [1.54, 1.807) is 19.4 Å². The Kier molecular flexibility index (Phi) is 6.35. The molecule has 124 valence electrons. The van der Waals surface area contributed by atoms with E-state index in [1.807, 2.05) is 17.8 Å². The van der Waals surface area contributed by atoms with Crippen molar-refractivity contribution in [1.29, 1.82) is 0 Å². The van der Waals surface area contributed by atoms with Gasteiger partial charge in [0.2, 0.25) is 0 Å². The number of nitrogens with one attached hydrogen (secondary N) is 1. The minimum atomic E-state index is -0.803. The summed E-state index contributed by atoms with van der Waals surface area (Å²) in [5.74, 6) is 0. The summed E-state index contributed by atoms with van der Waals surface area (Å²) in [5, 5.41) is 3.66. The molecule has 0 spiro atoms. The first-order valence-electron chi connectivity index (χ1n) is 7.42. The SMILES string of the molecule is COCC[Si](C)(C)C.Clc1ccnc2[nH]cc(-c3cnsc3)c12. The van der Waals surface area contributed by atoms with E-state index in [2.05, 4.69) is 34.0 Å². The Balaban J connectivity index is 0.000000207. The zero-order valence-electron chi connectivity index (χ0n) is 13.9. The van der Waals surface area contributed by atoms with Gasteiger partial charge in [-0.1, -0.05) is 31.2 Å². The fourth-order valence-corrected chi connectivity index (χ4v) is 3.59. The maximum atomic E-state index is 6.14. The van der Waals surface area contributed by atoms with Gasteiger partial charge >= 0.3 is 0 Å². The van der Waals surface area contributed by atoms with Crippen LogP contribution in [0.15, 0.2) is 30.0 Å². The molecule has 7 heteroatoms. The summed E-state index contributed by atoms with van der Waals surface area (Å²) in [7, 11) is 0.961. The van der Waals surface area contributed by atoms with Gasteiger partial charge in [-0.2, -0.15) is 0 Å². The van der Waals surface area contributed by atoms with Gasteiger partial charge in [0, 0.05) is 62.3 Å². The maximum absolute atomic E-state index is 6.14. The molecule has 3 aromatic rings. The molecule has 23 heavy (non-hydrogen) atoms. The quantitative estimate of drug-likeness (QED) is 0.635. The number of pyridine rings is 1. The zero-order valence-corrected chi connectivity index (χ0v) is 16.5. The number of hydrogen-bond acceptors (Lipinski definition) is 4. The molecule has 4 nitrogen and oxygen atoms in total. The van der Waals surface area contributed by atoms with Crippen LogP contribution in [0.3, 0.4) is 0 Å². The molecular formula is C16H22ClN3OSSi. The maximum Gasteiger partial charge on any atom is 0.139 e. The van der Waals surface area contributed by atoms with Crippen LogP contribution >= 0.6 is 23.1 Å². The van der Waals surface area contributed by atoms with Crippen LogP contribution in [0.5, 0.6) is 0 Å². The van der Waals surface area contributed by atoms with E-state index >= 15 is 0 Å². The Labute approximate surface area is 147 Å². The molecule has 0 saturated carbocycles. The Morgan fingerprint density at radius 3 is 2.70 bits per heavy atom. The number of rotatable bonds is 4. The molecule has 0 aromatic carbocycles. The molecule has 0 aliphatic heterocycles. The molecule has 0 atom stereocenters. The van der Waals surface area contributed by atoms with Crippen LogP contribution < -0.4 is 0 Å². The van der Waals surface area contributed by atoms with Gasteiger partial charge in [-0.05, 0) is 23.6 Å². The number of methoxy groups -OCH3 is 1. The minimum Gasteiger partial charge on any atom is -0.385 e. The Morgan fingerprint density at radius 2 is 2.13 bits per heavy atom. The highest BCUT2D eigenvalue weighted by Gasteiger charge is 2.11. The summed E-state index contributed by atoms with van der Waals surface area (Å²) in [6.45, 7) is 8.00. The van der Waals surface area contributed by atoms with Crippen molar-refractivity contribution in [3.8, 4) is 11.1 Å². The standard InChI is InChI=1S/C10H6ClN3S.C6H16OSi/c11-8-1-2-12-10-9(8)7(4-13-10)6-3-14-15-5-6;1-7-5-6-8(2,3)4/h1-5H,(H,12,13);5-6H2,1-4H3. The van der Waals surface area contributed by atoms with Crippen molar-refractivity contribution < 1.29 is 4.74 Å². The molecule has 0 saturated heterocycles. The third kappa shape index (κ3) is 5.14. The predicted octanol–water partition coefficient (Wildman–Crippen LogP) is 5.31. The third-order valence-corrected chi connectivity index (χ3v) is 5.93.